The predicted octanol–water partition coefficient (Wildman–Crippen LogP) is 4.62. The van der Waals surface area contributed by atoms with Crippen LogP contribution in [0.4, 0.5) is 30.7 Å². The van der Waals surface area contributed by atoms with Crippen molar-refractivity contribution < 1.29 is 40.2 Å². The summed E-state index contributed by atoms with van der Waals surface area (Å²) >= 11 is 0. The fourth-order valence-corrected chi connectivity index (χ4v) is 3.30. The van der Waals surface area contributed by atoms with Gasteiger partial charge < -0.3 is 14.8 Å². The highest BCUT2D eigenvalue weighted by atomic mass is 19.4. The van der Waals surface area contributed by atoms with E-state index in [0.717, 1.165) is 24.3 Å². The highest BCUT2D eigenvalue weighted by molar-refractivity contribution is 5.39. The van der Waals surface area contributed by atoms with Gasteiger partial charge in [0, 0.05) is 26.2 Å². The molecule has 0 radical (unpaired) electrons. The number of nitrogens with one attached hydrogen (secondary N) is 1. The van der Waals surface area contributed by atoms with E-state index in [1.807, 2.05) is 4.90 Å². The number of benzene rings is 2. The topological polar surface area (TPSA) is 33.7 Å². The number of hydrogen-bond donors (Lipinski definition) is 1. The van der Waals surface area contributed by atoms with Crippen LogP contribution in [0.15, 0.2) is 42.5 Å². The van der Waals surface area contributed by atoms with Gasteiger partial charge in [0.2, 0.25) is 0 Å². The predicted molar refractivity (Wildman–Crippen MR) is 92.5 cm³/mol. The van der Waals surface area contributed by atoms with E-state index < -0.39 is 36.1 Å². The molecular formula is C19H17F7N2O2. The first kappa shape index (κ1) is 22.2. The maximum atomic E-state index is 14.3. The number of nitrogens with zero attached hydrogens (tertiary/aromatic N) is 1. The Balaban J connectivity index is 1.92. The van der Waals surface area contributed by atoms with E-state index in [1.165, 1.54) is 18.2 Å². The Bertz CT molecular complexity index is 847. The van der Waals surface area contributed by atoms with Crippen LogP contribution in [0, 0.1) is 5.82 Å². The summed E-state index contributed by atoms with van der Waals surface area (Å²) in [6.45, 7) is 2.36. The zero-order chi connectivity index (χ0) is 21.9. The number of ether oxygens (including phenoxy) is 2. The second-order valence-electron chi connectivity index (χ2n) is 6.54. The molecular weight excluding hydrogens is 421 g/mol. The van der Waals surface area contributed by atoms with Crippen LogP contribution in [0.5, 0.6) is 11.5 Å². The largest absolute Gasteiger partial charge is 0.573 e. The van der Waals surface area contributed by atoms with Gasteiger partial charge in [-0.3, -0.25) is 4.90 Å². The Labute approximate surface area is 167 Å². The molecule has 4 nitrogen and oxygen atoms in total. The first-order chi connectivity index (χ1) is 14.0. The monoisotopic (exact) mass is 438 g/mol. The lowest BCUT2D eigenvalue weighted by Crippen LogP contribution is -2.45. The first-order valence-corrected chi connectivity index (χ1v) is 8.87. The molecule has 1 atom stereocenters. The summed E-state index contributed by atoms with van der Waals surface area (Å²) < 4.78 is 96.1. The van der Waals surface area contributed by atoms with Crippen LogP contribution in [-0.2, 0) is 0 Å². The Kier molecular flexibility index (Phi) is 6.41. The van der Waals surface area contributed by atoms with E-state index in [9.17, 15) is 30.7 Å². The molecule has 1 saturated heterocycles. The van der Waals surface area contributed by atoms with Gasteiger partial charge in [-0.15, -0.1) is 26.3 Å². The van der Waals surface area contributed by atoms with Gasteiger partial charge in [-0.2, -0.15) is 0 Å². The van der Waals surface area contributed by atoms with Gasteiger partial charge in [-0.1, -0.05) is 18.2 Å². The van der Waals surface area contributed by atoms with Crippen LogP contribution in [0.1, 0.15) is 17.2 Å². The Morgan fingerprint density at radius 2 is 1.37 bits per heavy atom. The highest BCUT2D eigenvalue weighted by Gasteiger charge is 2.33. The lowest BCUT2D eigenvalue weighted by atomic mass is 9.96. The van der Waals surface area contributed by atoms with Crippen molar-refractivity contribution in [2.24, 2.45) is 0 Å². The number of hydrogen-bond acceptors (Lipinski definition) is 4. The Morgan fingerprint density at radius 3 is 1.90 bits per heavy atom. The first-order valence-electron chi connectivity index (χ1n) is 8.87. The van der Waals surface area contributed by atoms with E-state index in [2.05, 4.69) is 14.8 Å². The van der Waals surface area contributed by atoms with E-state index in [0.29, 0.717) is 37.3 Å². The molecule has 0 aromatic heterocycles. The minimum Gasteiger partial charge on any atom is -0.406 e. The third-order valence-electron chi connectivity index (χ3n) is 4.44. The second kappa shape index (κ2) is 8.68. The molecule has 1 fully saturated rings. The number of piperazine rings is 1. The molecule has 0 amide bonds. The molecule has 0 unspecified atom stereocenters. The Morgan fingerprint density at radius 1 is 0.800 bits per heavy atom. The summed E-state index contributed by atoms with van der Waals surface area (Å²) in [4.78, 5) is 1.95. The van der Waals surface area contributed by atoms with Gasteiger partial charge in [0.05, 0.1) is 6.04 Å². The summed E-state index contributed by atoms with van der Waals surface area (Å²) in [7, 11) is 0. The summed E-state index contributed by atoms with van der Waals surface area (Å²) in [5.41, 5.74) is 0.878. The summed E-state index contributed by atoms with van der Waals surface area (Å²) in [5.74, 6) is -2.56. The highest BCUT2D eigenvalue weighted by Crippen LogP contribution is 2.34. The van der Waals surface area contributed by atoms with Crippen molar-refractivity contribution >= 4 is 0 Å². The normalized spacial score (nSPS) is 16.9. The van der Waals surface area contributed by atoms with Gasteiger partial charge in [0.15, 0.2) is 11.6 Å². The molecule has 1 aliphatic rings. The maximum Gasteiger partial charge on any atom is 0.573 e. The van der Waals surface area contributed by atoms with Gasteiger partial charge in [0.1, 0.15) is 5.75 Å². The minimum absolute atomic E-state index is 0.341. The number of halogens is 7. The third kappa shape index (κ3) is 5.99. The smallest absolute Gasteiger partial charge is 0.406 e. The lowest BCUT2D eigenvalue weighted by Gasteiger charge is -2.35. The van der Waals surface area contributed by atoms with E-state index in [4.69, 9.17) is 0 Å². The molecule has 1 N–H and O–H groups in total. The van der Waals surface area contributed by atoms with Crippen LogP contribution in [0.2, 0.25) is 0 Å². The van der Waals surface area contributed by atoms with Crippen molar-refractivity contribution in [1.82, 2.24) is 10.2 Å². The SMILES string of the molecule is Fc1cc([C@@H](c2ccc(OC(F)(F)F)cc2)N2CCNCC2)ccc1OC(F)(F)F. The molecule has 11 heteroatoms. The minimum atomic E-state index is -5.03. The van der Waals surface area contributed by atoms with Gasteiger partial charge in [0.25, 0.3) is 0 Å². The second-order valence-corrected chi connectivity index (χ2v) is 6.54. The number of alkyl halides is 6. The Hall–Kier alpha value is -2.53. The lowest BCUT2D eigenvalue weighted by molar-refractivity contribution is -0.276. The molecule has 0 aliphatic carbocycles. The van der Waals surface area contributed by atoms with Crippen molar-refractivity contribution in [3.8, 4) is 11.5 Å². The molecule has 30 heavy (non-hydrogen) atoms. The van der Waals surface area contributed by atoms with Gasteiger partial charge in [-0.25, -0.2) is 4.39 Å². The quantitative estimate of drug-likeness (QED) is 0.691. The molecule has 1 aliphatic heterocycles. The fourth-order valence-electron chi connectivity index (χ4n) is 3.30. The summed E-state index contributed by atoms with van der Waals surface area (Å²) in [5, 5.41) is 3.15. The van der Waals surface area contributed by atoms with Crippen molar-refractivity contribution in [3.63, 3.8) is 0 Å². The fraction of sp³-hybridized carbons (Fsp3) is 0.368. The molecule has 1 heterocycles. The zero-order valence-corrected chi connectivity index (χ0v) is 15.4. The van der Waals surface area contributed by atoms with Crippen molar-refractivity contribution in [2.45, 2.75) is 18.8 Å². The van der Waals surface area contributed by atoms with E-state index >= 15 is 0 Å². The standard InChI is InChI=1S/C19H17F7N2O2/c20-15-11-13(3-6-16(15)30-19(24,25)26)17(28-9-7-27-8-10-28)12-1-4-14(5-2-12)29-18(21,22)23/h1-6,11,17,27H,7-10H2/t17-/m1/s1. The van der Waals surface area contributed by atoms with Gasteiger partial charge in [-0.05, 0) is 35.4 Å². The molecule has 164 valence electrons. The molecule has 3 rings (SSSR count). The van der Waals surface area contributed by atoms with Crippen LogP contribution >= 0.6 is 0 Å². The molecule has 0 saturated carbocycles. The van der Waals surface area contributed by atoms with Gasteiger partial charge >= 0.3 is 12.7 Å². The number of rotatable bonds is 5. The maximum absolute atomic E-state index is 14.3. The van der Waals surface area contributed by atoms with Crippen LogP contribution in [-0.4, -0.2) is 43.8 Å². The van der Waals surface area contributed by atoms with Crippen molar-refractivity contribution in [2.75, 3.05) is 26.2 Å². The van der Waals surface area contributed by atoms with Crippen molar-refractivity contribution in [1.29, 1.82) is 0 Å². The average molecular weight is 438 g/mol. The van der Waals surface area contributed by atoms with E-state index in [1.54, 1.807) is 0 Å². The molecule has 0 bridgehead atoms. The van der Waals surface area contributed by atoms with E-state index in [-0.39, 0.29) is 0 Å². The summed E-state index contributed by atoms with van der Waals surface area (Å²) in [6, 6.07) is 7.63. The van der Waals surface area contributed by atoms with Crippen LogP contribution in [0.25, 0.3) is 0 Å². The van der Waals surface area contributed by atoms with Crippen LogP contribution < -0.4 is 14.8 Å². The average Bonchev–Trinajstić information content (AvgIpc) is 2.64. The third-order valence-corrected chi connectivity index (χ3v) is 4.44. The van der Waals surface area contributed by atoms with Crippen LogP contribution in [0.3, 0.4) is 0 Å². The van der Waals surface area contributed by atoms with Crippen molar-refractivity contribution in [3.05, 3.63) is 59.4 Å². The molecule has 2 aromatic rings. The molecule has 2 aromatic carbocycles. The zero-order valence-electron chi connectivity index (χ0n) is 15.4. The summed E-state index contributed by atoms with van der Waals surface area (Å²) in [6.07, 6.45) is -9.87. The molecule has 0 spiro atoms.